The molecule has 3 heterocycles. The van der Waals surface area contributed by atoms with Crippen LogP contribution in [0.4, 0.5) is 0 Å². The van der Waals surface area contributed by atoms with Crippen molar-refractivity contribution >= 4 is 17.5 Å². The number of aryl methyl sites for hydroxylation is 1. The molecule has 9 nitrogen and oxygen atoms in total. The first-order chi connectivity index (χ1) is 12.0. The van der Waals surface area contributed by atoms with Crippen LogP contribution in [0.25, 0.3) is 11.2 Å². The van der Waals surface area contributed by atoms with Gasteiger partial charge in [-0.3, -0.25) is 23.8 Å². The molecule has 1 atom stereocenters. The number of nitrogens with one attached hydrogen (secondary N) is 1. The third kappa shape index (κ3) is 3.51. The number of aromatic nitrogens is 4. The molecule has 25 heavy (non-hydrogen) atoms. The summed E-state index contributed by atoms with van der Waals surface area (Å²) in [6.45, 7) is 2.69. The lowest BCUT2D eigenvalue weighted by molar-refractivity contribution is -0.534. The van der Waals surface area contributed by atoms with Gasteiger partial charge in [0, 0.05) is 14.1 Å². The fraction of sp³-hybridized carbons (Fsp3) is 0.625. The number of aliphatic hydroxyl groups is 1. The summed E-state index contributed by atoms with van der Waals surface area (Å²) in [7, 11) is 3.01. The molecule has 2 aromatic heterocycles. The van der Waals surface area contributed by atoms with Gasteiger partial charge in [-0.1, -0.05) is 0 Å². The first-order valence-electron chi connectivity index (χ1n) is 8.58. The van der Waals surface area contributed by atoms with E-state index < -0.39 is 17.4 Å². The number of aliphatic hydroxyl groups excluding tert-OH is 1. The predicted octanol–water partition coefficient (Wildman–Crippen LogP) is -1.39. The second-order valence-electron chi connectivity index (χ2n) is 6.56. The quantitative estimate of drug-likeness (QED) is 0.512. The highest BCUT2D eigenvalue weighted by Crippen LogP contribution is 2.06. The van der Waals surface area contributed by atoms with E-state index in [0.29, 0.717) is 17.7 Å². The number of fused-ring (bicyclic) bond motifs is 1. The third-order valence-corrected chi connectivity index (χ3v) is 4.64. The first kappa shape index (κ1) is 17.4. The van der Waals surface area contributed by atoms with E-state index in [-0.39, 0.29) is 6.54 Å². The zero-order chi connectivity index (χ0) is 18.0. The summed E-state index contributed by atoms with van der Waals surface area (Å²) in [6.07, 6.45) is 6.41. The second kappa shape index (κ2) is 7.22. The van der Waals surface area contributed by atoms with Crippen molar-refractivity contribution in [2.45, 2.75) is 31.9 Å². The zero-order valence-electron chi connectivity index (χ0n) is 14.7. The fourth-order valence-corrected chi connectivity index (χ4v) is 3.19. The molecule has 1 fully saturated rings. The Hall–Kier alpha value is -2.42. The van der Waals surface area contributed by atoms with E-state index in [1.54, 1.807) is 11.6 Å². The molecular weight excluding hydrogens is 324 g/mol. The maximum absolute atomic E-state index is 12.4. The van der Waals surface area contributed by atoms with Crippen LogP contribution < -0.4 is 16.6 Å². The molecule has 0 unspecified atom stereocenters. The van der Waals surface area contributed by atoms with Gasteiger partial charge >= 0.3 is 5.69 Å². The molecule has 2 aromatic rings. The molecule has 3 rings (SSSR count). The lowest BCUT2D eigenvalue weighted by Crippen LogP contribution is -2.38. The van der Waals surface area contributed by atoms with Crippen LogP contribution in [-0.2, 0) is 20.6 Å². The Morgan fingerprint density at radius 1 is 1.28 bits per heavy atom. The Bertz CT molecular complexity index is 899. The van der Waals surface area contributed by atoms with E-state index in [1.807, 2.05) is 6.34 Å². The predicted molar refractivity (Wildman–Crippen MR) is 94.1 cm³/mol. The van der Waals surface area contributed by atoms with E-state index in [2.05, 4.69) is 14.9 Å². The minimum Gasteiger partial charge on any atom is -0.387 e. The highest BCUT2D eigenvalue weighted by atomic mass is 16.3. The molecule has 0 saturated carbocycles. The average Bonchev–Trinajstić information content (AvgIpc) is 3.02. The Balaban J connectivity index is 1.72. The van der Waals surface area contributed by atoms with Crippen LogP contribution >= 0.6 is 0 Å². The van der Waals surface area contributed by atoms with Gasteiger partial charge in [-0.25, -0.2) is 9.78 Å². The molecule has 0 amide bonds. The van der Waals surface area contributed by atoms with Crippen molar-refractivity contribution in [1.82, 2.24) is 24.0 Å². The summed E-state index contributed by atoms with van der Waals surface area (Å²) in [5, 5.41) is 13.4. The molecule has 1 saturated heterocycles. The Labute approximate surface area is 144 Å². The summed E-state index contributed by atoms with van der Waals surface area (Å²) in [6, 6.07) is 0. The number of hydrogen-bond donors (Lipinski definition) is 2. The average molecular weight is 349 g/mol. The van der Waals surface area contributed by atoms with E-state index in [9.17, 15) is 14.7 Å². The van der Waals surface area contributed by atoms with Gasteiger partial charge in [0.1, 0.15) is 12.6 Å². The van der Waals surface area contributed by atoms with Crippen molar-refractivity contribution < 1.29 is 9.68 Å². The van der Waals surface area contributed by atoms with Gasteiger partial charge in [0.15, 0.2) is 11.2 Å². The molecule has 0 aliphatic carbocycles. The van der Waals surface area contributed by atoms with Gasteiger partial charge in [-0.05, 0) is 19.3 Å². The van der Waals surface area contributed by atoms with Crippen molar-refractivity contribution in [2.75, 3.05) is 19.6 Å². The lowest BCUT2D eigenvalue weighted by atomic mass is 10.2. The number of piperidine rings is 1. The molecule has 136 valence electrons. The first-order valence-corrected chi connectivity index (χ1v) is 8.58. The molecule has 1 aliphatic rings. The third-order valence-electron chi connectivity index (χ3n) is 4.64. The van der Waals surface area contributed by atoms with Crippen LogP contribution in [0.5, 0.6) is 0 Å². The summed E-state index contributed by atoms with van der Waals surface area (Å²) in [5.41, 5.74) is -0.173. The van der Waals surface area contributed by atoms with Crippen LogP contribution in [0.15, 0.2) is 15.9 Å². The van der Waals surface area contributed by atoms with E-state index in [0.717, 1.165) is 17.7 Å². The fourth-order valence-electron chi connectivity index (χ4n) is 3.19. The summed E-state index contributed by atoms with van der Waals surface area (Å²) < 4.78 is 6.20. The minimum absolute atomic E-state index is 0.227. The normalized spacial score (nSPS) is 16.2. The molecule has 2 N–H and O–H groups in total. The zero-order valence-corrected chi connectivity index (χ0v) is 14.7. The van der Waals surface area contributed by atoms with Crippen LogP contribution in [0.1, 0.15) is 19.3 Å². The highest BCUT2D eigenvalue weighted by molar-refractivity contribution is 5.69. The van der Waals surface area contributed by atoms with Gasteiger partial charge in [0.25, 0.3) is 5.56 Å². The van der Waals surface area contributed by atoms with Crippen molar-refractivity contribution in [3.8, 4) is 0 Å². The number of hydrogen-bond acceptors (Lipinski definition) is 4. The van der Waals surface area contributed by atoms with E-state index >= 15 is 0 Å². The van der Waals surface area contributed by atoms with Crippen molar-refractivity contribution in [2.24, 2.45) is 14.1 Å². The molecule has 0 aromatic carbocycles. The summed E-state index contributed by atoms with van der Waals surface area (Å²) >= 11 is 0. The summed E-state index contributed by atoms with van der Waals surface area (Å²) in [5.74, 6) is 0. The van der Waals surface area contributed by atoms with Gasteiger partial charge in [-0.15, -0.1) is 0 Å². The molecule has 1 aliphatic heterocycles. The van der Waals surface area contributed by atoms with Crippen LogP contribution in [0, 0.1) is 0 Å². The van der Waals surface area contributed by atoms with Crippen molar-refractivity contribution in [3.63, 3.8) is 0 Å². The topological polar surface area (TPSA) is 97.1 Å². The number of nitrogens with zero attached hydrogens (tertiary/aromatic N) is 5. The molecule has 0 bridgehead atoms. The largest absolute Gasteiger partial charge is 0.387 e. The highest BCUT2D eigenvalue weighted by Gasteiger charge is 2.17. The minimum atomic E-state index is -0.680. The monoisotopic (exact) mass is 349 g/mol. The van der Waals surface area contributed by atoms with Crippen LogP contribution in [0.2, 0.25) is 0 Å². The van der Waals surface area contributed by atoms with Gasteiger partial charge in [-0.2, -0.15) is 0 Å². The maximum Gasteiger partial charge on any atom is 0.332 e. The molecular formula is C16H25N6O3+. The maximum atomic E-state index is 12.4. The van der Waals surface area contributed by atoms with Gasteiger partial charge in [0.05, 0.1) is 26.0 Å². The lowest BCUT2D eigenvalue weighted by Gasteiger charge is -2.13. The van der Waals surface area contributed by atoms with Gasteiger partial charge in [0.2, 0.25) is 6.34 Å². The number of rotatable bonds is 5. The van der Waals surface area contributed by atoms with E-state index in [4.69, 9.17) is 0 Å². The smallest absolute Gasteiger partial charge is 0.332 e. The number of imidazole rings is 1. The molecule has 9 heteroatoms. The van der Waals surface area contributed by atoms with Crippen molar-refractivity contribution in [1.29, 1.82) is 0 Å². The second-order valence-corrected chi connectivity index (χ2v) is 6.56. The van der Waals surface area contributed by atoms with Crippen LogP contribution in [-0.4, -0.2) is 60.4 Å². The standard InChI is InChI=1S/C16H24N6O3/c1-19-14-13(15(24)20(2)16(19)25)22(11-18-14)9-12(23)8-17-10-21-6-4-3-5-7-21/h10-12,23H,3-9H2,1-2H3/p+1/t12-/m1/s1. The van der Waals surface area contributed by atoms with Crippen LogP contribution in [0.3, 0.4) is 0 Å². The SMILES string of the molecule is Cn1c(=O)c2c(ncn2C[C@H](O)CNC=[N+]2CCCCC2)n(C)c1=O. The molecule has 0 spiro atoms. The Kier molecular flexibility index (Phi) is 5.03. The molecule has 0 radical (unpaired) electrons. The van der Waals surface area contributed by atoms with E-state index in [1.165, 1.54) is 37.2 Å². The summed E-state index contributed by atoms with van der Waals surface area (Å²) in [4.78, 5) is 28.5. The Morgan fingerprint density at radius 2 is 2.00 bits per heavy atom. The Morgan fingerprint density at radius 3 is 2.72 bits per heavy atom. The van der Waals surface area contributed by atoms with Crippen molar-refractivity contribution in [3.05, 3.63) is 27.2 Å². The van der Waals surface area contributed by atoms with Gasteiger partial charge < -0.3 is 9.67 Å².